The molecule has 12 rings (SSSR count). The SMILES string of the molecule is CCCCCCCCCCSCCN[C@@]1(C)C[C@H](O[C@H]2[C@H](Oc3c4cc5cc3Oc3ccc(cc3Cl)[C@@H](O)[C@@H]3NC(=O)[C@H](NC(=O)[C@@H]5NC(=O)[C@H](CC(N)=O)NC(=O)C(NC(=O)[C@@H](CC(C)C)NC)[C@H](O)c5ccc(c(Cl)c5)O4)c4ccc(O)c(c4)-c4c(O)cc(O)cc4[C@@H](C(=O)O)NC3=O)O[C@H](CO)[C@@H](O)[C@@H]2O)O[C@@H](C)[C@H]1O. The second-order valence-corrected chi connectivity index (χ2v) is 31.7. The third-order valence-corrected chi connectivity index (χ3v) is 22.3. The van der Waals surface area contributed by atoms with Gasteiger partial charge in [0.1, 0.15) is 89.5 Å². The number of aliphatic hydroxyl groups excluding tert-OH is 6. The highest BCUT2D eigenvalue weighted by Crippen LogP contribution is 2.50. The fourth-order valence-electron chi connectivity index (χ4n) is 14.5. The lowest BCUT2D eigenvalue weighted by Gasteiger charge is -2.48. The van der Waals surface area contributed by atoms with Crippen LogP contribution in [0.25, 0.3) is 11.1 Å². The summed E-state index contributed by atoms with van der Waals surface area (Å²) in [5, 5.41) is 136. The molecule has 0 saturated carbocycles. The zero-order valence-electron chi connectivity index (χ0n) is 63.4. The predicted octanol–water partition coefficient (Wildman–Crippen LogP) is 4.61. The van der Waals surface area contributed by atoms with Gasteiger partial charge in [0.25, 0.3) is 0 Å². The number of thioether (sulfide) groups is 1. The van der Waals surface area contributed by atoms with E-state index in [-0.39, 0.29) is 52.0 Å². The Morgan fingerprint density at radius 2 is 1.31 bits per heavy atom. The van der Waals surface area contributed by atoms with Crippen LogP contribution in [0.1, 0.15) is 163 Å². The van der Waals surface area contributed by atoms with Crippen molar-refractivity contribution in [3.8, 4) is 57.1 Å². The molecule has 11 bridgehead atoms. The zero-order valence-corrected chi connectivity index (χ0v) is 65.8. The number of halogens is 2. The van der Waals surface area contributed by atoms with Crippen LogP contribution in [0.3, 0.4) is 0 Å². The van der Waals surface area contributed by atoms with Gasteiger partial charge in [-0.1, -0.05) is 107 Å². The molecule has 7 amide bonds. The third-order valence-electron chi connectivity index (χ3n) is 20.7. The lowest BCUT2D eigenvalue weighted by molar-refractivity contribution is -0.334. The Labute approximate surface area is 671 Å². The number of phenolic OH excluding ortho intramolecular Hbond substituents is 3. The van der Waals surface area contributed by atoms with Crippen LogP contribution in [-0.4, -0.2) is 209 Å². The maximum Gasteiger partial charge on any atom is 0.330 e. The van der Waals surface area contributed by atoms with Gasteiger partial charge in [-0.3, -0.25) is 33.6 Å². The number of hydrogen-bond donors (Lipinski definition) is 19. The summed E-state index contributed by atoms with van der Waals surface area (Å²) in [7, 11) is 1.48. The van der Waals surface area contributed by atoms with E-state index in [0.29, 0.717) is 12.3 Å². The molecule has 0 radical (unpaired) electrons. The predicted molar refractivity (Wildman–Crippen MR) is 413 cm³/mol. The fourth-order valence-corrected chi connectivity index (χ4v) is 15.8. The Morgan fingerprint density at radius 3 is 1.92 bits per heavy atom. The molecule has 5 aromatic rings. The highest BCUT2D eigenvalue weighted by Gasteiger charge is 2.52. The van der Waals surface area contributed by atoms with Gasteiger partial charge in [-0.05, 0) is 122 Å². The summed E-state index contributed by atoms with van der Waals surface area (Å²) in [5.41, 5.74) is 1.89. The molecule has 33 nitrogen and oxygen atoms in total. The highest BCUT2D eigenvalue weighted by molar-refractivity contribution is 7.99. The number of rotatable bonds is 26. The number of hydrogen-bond acceptors (Lipinski definition) is 26. The van der Waals surface area contributed by atoms with Gasteiger partial charge in [-0.15, -0.1) is 0 Å². The molecule has 20 N–H and O–H groups in total. The molecule has 18 atom stereocenters. The third kappa shape index (κ3) is 20.7. The van der Waals surface area contributed by atoms with Crippen LogP contribution in [0.15, 0.2) is 78.9 Å². The van der Waals surface area contributed by atoms with E-state index in [2.05, 4.69) is 49.5 Å². The van der Waals surface area contributed by atoms with E-state index >= 15 is 14.4 Å². The molecular formula is C78H99Cl2N9O24S. The van der Waals surface area contributed by atoms with E-state index in [1.807, 2.05) is 13.8 Å². The Balaban J connectivity index is 1.15. The van der Waals surface area contributed by atoms with Gasteiger partial charge < -0.3 is 128 Å². The molecule has 0 aromatic heterocycles. The van der Waals surface area contributed by atoms with Crippen LogP contribution in [0, 0.1) is 5.92 Å². The molecule has 36 heteroatoms. The lowest BCUT2D eigenvalue weighted by Crippen LogP contribution is -2.65. The molecule has 114 heavy (non-hydrogen) atoms. The summed E-state index contributed by atoms with van der Waals surface area (Å²) >= 11 is 16.0. The number of amides is 7. The molecule has 7 aliphatic rings. The smallest absolute Gasteiger partial charge is 0.330 e. The van der Waals surface area contributed by atoms with Crippen LogP contribution in [-0.2, 0) is 52.6 Å². The minimum Gasteiger partial charge on any atom is -0.508 e. The molecule has 0 aliphatic carbocycles. The second-order valence-electron chi connectivity index (χ2n) is 29.6. The number of phenols is 3. The zero-order chi connectivity index (χ0) is 82.7. The maximum atomic E-state index is 16.2. The molecule has 2 fully saturated rings. The number of carboxylic acids is 1. The van der Waals surface area contributed by atoms with Gasteiger partial charge in [0.15, 0.2) is 29.9 Å². The number of fused-ring (bicyclic) bond motifs is 15. The molecule has 0 spiro atoms. The molecule has 1 unspecified atom stereocenters. The number of unbranched alkanes of at least 4 members (excludes halogenated alkanes) is 7. The molecular weight excluding hydrogens is 1550 g/mol. The Hall–Kier alpha value is -8.85. The molecule has 2 saturated heterocycles. The van der Waals surface area contributed by atoms with Crippen LogP contribution < -0.4 is 62.5 Å². The van der Waals surface area contributed by atoms with Crippen LogP contribution in [0.4, 0.5) is 0 Å². The van der Waals surface area contributed by atoms with Crippen LogP contribution in [0.5, 0.6) is 46.0 Å². The largest absolute Gasteiger partial charge is 0.508 e. The summed E-state index contributed by atoms with van der Waals surface area (Å²) < 4.78 is 39.4. The van der Waals surface area contributed by atoms with Crippen molar-refractivity contribution in [2.75, 3.05) is 31.7 Å². The van der Waals surface area contributed by atoms with E-state index < -0.39 is 231 Å². The lowest BCUT2D eigenvalue weighted by atomic mass is 9.85. The number of aromatic hydroxyl groups is 3. The summed E-state index contributed by atoms with van der Waals surface area (Å²) in [6.45, 7) is 8.72. The number of nitrogens with one attached hydrogen (secondary N) is 8. The second kappa shape index (κ2) is 38.7. The summed E-state index contributed by atoms with van der Waals surface area (Å²) in [5.74, 6) is -14.2. The standard InChI is InChI=1S/C78H99Cl2N9O24S/c1-7-8-9-10-11-12-13-14-22-114-23-21-83-78(5)33-56(108-36(4)69(78)99)112-68-66(98)65(97)54(34-90)111-77(68)113-67-52-28-40-29-53(67)110-51-20-17-39(27-45(51)80)64(96)62-75(105)87-60(76(106)107)43-30-41(91)31-49(93)57(43)42-25-37(15-18-48(42)92)58(72(102)89-62)86-73(103)59(40)85-71(101)47(32-55(81)94)84-74(104)61(88-70(100)46(82-6)24-35(2)3)63(95)38-16-19-50(109-52)44(79)26-38/h15-20,25-31,35-36,46-47,54,56,58-66,68-69,77,82-83,90-93,95-99H,7-14,21-24,32-34H2,1-6H3,(H2,81,94)(H,84,104)(H,85,101)(H,86,103)(H,87,105)(H,88,100)(H,89,102)(H,106,107)/t36-,46+,47-,54+,56-,58+,59+,60-,61?,62-,63+,64+,65+,66-,68+,69+,77-,78-/m0/s1. The minimum absolute atomic E-state index is 0.0883. The Bertz CT molecular complexity index is 4340. The number of carbonyl (C=O) groups is 8. The van der Waals surface area contributed by atoms with Gasteiger partial charge in [0.2, 0.25) is 53.4 Å². The molecule has 7 heterocycles. The quantitative estimate of drug-likeness (QED) is 0.0336. The Kier molecular flexibility index (Phi) is 29.7. The maximum absolute atomic E-state index is 16.2. The first-order valence-corrected chi connectivity index (χ1v) is 39.6. The number of aliphatic carboxylic acids is 1. The summed E-state index contributed by atoms with van der Waals surface area (Å²) in [6.07, 6.45) is -8.70. The number of carbonyl (C=O) groups excluding carboxylic acids is 7. The minimum atomic E-state index is -2.34. The van der Waals surface area contributed by atoms with E-state index in [1.165, 1.54) is 51.3 Å². The van der Waals surface area contributed by atoms with Crippen LogP contribution >= 0.6 is 35.0 Å². The van der Waals surface area contributed by atoms with Crippen molar-refractivity contribution < 1.29 is 118 Å². The number of aliphatic hydroxyl groups is 6. The number of benzene rings is 5. The van der Waals surface area contributed by atoms with Crippen molar-refractivity contribution in [1.82, 2.24) is 42.5 Å². The molecule has 7 aliphatic heterocycles. The Morgan fingerprint density at radius 1 is 0.693 bits per heavy atom. The van der Waals surface area contributed by atoms with E-state index in [9.17, 15) is 75.0 Å². The first kappa shape index (κ1) is 87.5. The highest BCUT2D eigenvalue weighted by atomic mass is 35.5. The number of ether oxygens (including phenoxy) is 6. The van der Waals surface area contributed by atoms with Crippen molar-refractivity contribution in [2.45, 2.75) is 214 Å². The monoisotopic (exact) mass is 1650 g/mol. The molecule has 5 aromatic carbocycles. The summed E-state index contributed by atoms with van der Waals surface area (Å²) in [4.78, 5) is 118. The topological polar surface area (TPSA) is 517 Å². The first-order chi connectivity index (χ1) is 54.2. The number of primary amides is 1. The van der Waals surface area contributed by atoms with E-state index in [1.54, 1.807) is 25.6 Å². The van der Waals surface area contributed by atoms with Crippen molar-refractivity contribution in [3.05, 3.63) is 117 Å². The van der Waals surface area contributed by atoms with Gasteiger partial charge >= 0.3 is 5.97 Å². The van der Waals surface area contributed by atoms with Crippen molar-refractivity contribution >= 4 is 82.3 Å². The van der Waals surface area contributed by atoms with Gasteiger partial charge in [0, 0.05) is 47.0 Å². The van der Waals surface area contributed by atoms with Gasteiger partial charge in [0.05, 0.1) is 41.3 Å². The van der Waals surface area contributed by atoms with E-state index in [4.69, 9.17) is 57.4 Å². The van der Waals surface area contributed by atoms with Gasteiger partial charge in [-0.2, -0.15) is 11.8 Å². The average Bonchev–Trinajstić information content (AvgIpc) is 0.772. The molecule has 620 valence electrons. The average molecular weight is 1650 g/mol. The fraction of sp³-hybridized carbons (Fsp3) is 0.513. The van der Waals surface area contributed by atoms with Crippen molar-refractivity contribution in [1.29, 1.82) is 0 Å². The van der Waals surface area contributed by atoms with E-state index in [0.717, 1.165) is 91.7 Å². The van der Waals surface area contributed by atoms with Crippen molar-refractivity contribution in [3.63, 3.8) is 0 Å². The normalized spacial score (nSPS) is 27.4. The van der Waals surface area contributed by atoms with Crippen molar-refractivity contribution in [2.24, 2.45) is 11.7 Å². The summed E-state index contributed by atoms with van der Waals surface area (Å²) in [6, 6.07) is -0.413. The van der Waals surface area contributed by atoms with Gasteiger partial charge in [-0.25, -0.2) is 4.79 Å². The first-order valence-electron chi connectivity index (χ1n) is 37.7. The number of carboxylic acid groups (broad SMARTS) is 1. The number of nitrogens with two attached hydrogens (primary N) is 1. The van der Waals surface area contributed by atoms with Crippen LogP contribution in [0.2, 0.25) is 10.0 Å². The number of likely N-dealkylation sites (N-methyl/N-ethyl adjacent to an activating group) is 1.